The van der Waals surface area contributed by atoms with Crippen LogP contribution in [0.15, 0.2) is 24.3 Å². The number of carbonyl (C=O) groups excluding carboxylic acids is 1. The molecule has 3 N–H and O–H groups in total. The summed E-state index contributed by atoms with van der Waals surface area (Å²) in [7, 11) is 0. The lowest BCUT2D eigenvalue weighted by Crippen LogP contribution is -2.22. The number of hydrogen-bond acceptors (Lipinski definition) is 6. The quantitative estimate of drug-likeness (QED) is 0.808. The van der Waals surface area contributed by atoms with Gasteiger partial charge in [0.1, 0.15) is 5.75 Å². The van der Waals surface area contributed by atoms with Crippen molar-refractivity contribution < 1.29 is 9.53 Å². The van der Waals surface area contributed by atoms with E-state index >= 15 is 0 Å². The molecule has 1 heterocycles. The predicted octanol–water partition coefficient (Wildman–Crippen LogP) is 1.09. The molecular weight excluding hydrogens is 258 g/mol. The van der Waals surface area contributed by atoms with Gasteiger partial charge in [0.2, 0.25) is 5.95 Å². The number of anilines is 2. The minimum Gasteiger partial charge on any atom is -0.484 e. The van der Waals surface area contributed by atoms with Crippen LogP contribution in [0.5, 0.6) is 5.75 Å². The smallest absolute Gasteiger partial charge is 0.264 e. The van der Waals surface area contributed by atoms with Gasteiger partial charge in [0.05, 0.1) is 11.4 Å². The second kappa shape index (κ2) is 5.96. The van der Waals surface area contributed by atoms with Gasteiger partial charge in [-0.05, 0) is 26.0 Å². The van der Waals surface area contributed by atoms with Gasteiger partial charge in [0, 0.05) is 11.8 Å². The van der Waals surface area contributed by atoms with Crippen LogP contribution >= 0.6 is 0 Å². The second-order valence-corrected chi connectivity index (χ2v) is 4.22. The van der Waals surface area contributed by atoms with E-state index in [1.54, 1.807) is 38.1 Å². The van der Waals surface area contributed by atoms with Crippen molar-refractivity contribution in [3.8, 4) is 5.75 Å². The fourth-order valence-corrected chi connectivity index (χ4v) is 1.42. The number of nitrogens with zero attached hydrogens (tertiary/aromatic N) is 3. The second-order valence-electron chi connectivity index (χ2n) is 4.22. The molecule has 0 aliphatic heterocycles. The Hall–Kier alpha value is -2.70. The molecule has 104 valence electrons. The maximum absolute atomic E-state index is 11.7. The molecule has 7 heteroatoms. The SMILES string of the molecule is Cc1nnc(NC(=O)COc2cccc(N)c2)nc1C. The minimum atomic E-state index is -0.363. The molecule has 7 nitrogen and oxygen atoms in total. The van der Waals surface area contributed by atoms with Crippen molar-refractivity contribution in [3.05, 3.63) is 35.7 Å². The highest BCUT2D eigenvalue weighted by atomic mass is 16.5. The van der Waals surface area contributed by atoms with Crippen molar-refractivity contribution in [3.63, 3.8) is 0 Å². The lowest BCUT2D eigenvalue weighted by Gasteiger charge is -2.07. The molecule has 0 unspecified atom stereocenters. The Morgan fingerprint density at radius 1 is 1.30 bits per heavy atom. The van der Waals surface area contributed by atoms with Crippen LogP contribution in [0.1, 0.15) is 11.4 Å². The fraction of sp³-hybridized carbons (Fsp3) is 0.231. The fourth-order valence-electron chi connectivity index (χ4n) is 1.42. The zero-order chi connectivity index (χ0) is 14.5. The molecule has 0 bridgehead atoms. The number of benzene rings is 1. The van der Waals surface area contributed by atoms with E-state index in [-0.39, 0.29) is 18.5 Å². The summed E-state index contributed by atoms with van der Waals surface area (Å²) in [5.41, 5.74) is 7.62. The molecule has 0 atom stereocenters. The molecule has 0 aliphatic carbocycles. The summed E-state index contributed by atoms with van der Waals surface area (Å²) in [6.45, 7) is 3.44. The lowest BCUT2D eigenvalue weighted by atomic mass is 10.3. The van der Waals surface area contributed by atoms with Crippen LogP contribution in [0.4, 0.5) is 11.6 Å². The molecule has 1 aromatic carbocycles. The summed E-state index contributed by atoms with van der Waals surface area (Å²) in [6.07, 6.45) is 0. The largest absolute Gasteiger partial charge is 0.484 e. The maximum atomic E-state index is 11.7. The van der Waals surface area contributed by atoms with Crippen LogP contribution in [0.25, 0.3) is 0 Å². The highest BCUT2D eigenvalue weighted by Crippen LogP contribution is 2.14. The van der Waals surface area contributed by atoms with Crippen molar-refractivity contribution >= 4 is 17.5 Å². The Balaban J connectivity index is 1.91. The van der Waals surface area contributed by atoms with Gasteiger partial charge < -0.3 is 10.5 Å². The lowest BCUT2D eigenvalue weighted by molar-refractivity contribution is -0.118. The number of rotatable bonds is 4. The third-order valence-electron chi connectivity index (χ3n) is 2.57. The van der Waals surface area contributed by atoms with Gasteiger partial charge in [-0.1, -0.05) is 6.07 Å². The number of nitrogens with two attached hydrogens (primary N) is 1. The number of carbonyl (C=O) groups is 1. The normalized spacial score (nSPS) is 10.1. The molecule has 0 saturated carbocycles. The summed E-state index contributed by atoms with van der Waals surface area (Å²) in [5, 5.41) is 10.2. The van der Waals surface area contributed by atoms with Gasteiger partial charge in [0.25, 0.3) is 5.91 Å². The van der Waals surface area contributed by atoms with Gasteiger partial charge in [-0.15, -0.1) is 5.10 Å². The van der Waals surface area contributed by atoms with Crippen LogP contribution < -0.4 is 15.8 Å². The van der Waals surface area contributed by atoms with Crippen molar-refractivity contribution in [2.45, 2.75) is 13.8 Å². The summed E-state index contributed by atoms with van der Waals surface area (Å²) in [5.74, 6) is 0.325. The zero-order valence-electron chi connectivity index (χ0n) is 11.3. The van der Waals surface area contributed by atoms with Gasteiger partial charge in [-0.25, -0.2) is 4.98 Å². The Bertz CT molecular complexity index is 630. The molecule has 2 aromatic rings. The minimum absolute atomic E-state index is 0.153. The maximum Gasteiger partial charge on any atom is 0.264 e. The van der Waals surface area contributed by atoms with E-state index < -0.39 is 0 Å². The van der Waals surface area contributed by atoms with Crippen LogP contribution in [0.3, 0.4) is 0 Å². The number of hydrogen-bond donors (Lipinski definition) is 2. The van der Waals surface area contributed by atoms with Crippen molar-refractivity contribution in [2.75, 3.05) is 17.7 Å². The number of aromatic nitrogens is 3. The molecule has 2 rings (SSSR count). The molecule has 0 spiro atoms. The molecule has 1 aromatic heterocycles. The summed E-state index contributed by atoms with van der Waals surface area (Å²) < 4.78 is 5.31. The van der Waals surface area contributed by atoms with E-state index in [0.29, 0.717) is 17.1 Å². The molecule has 20 heavy (non-hydrogen) atoms. The van der Waals surface area contributed by atoms with E-state index in [1.807, 2.05) is 0 Å². The highest BCUT2D eigenvalue weighted by molar-refractivity contribution is 5.90. The molecular formula is C13H15N5O2. The number of amides is 1. The molecule has 0 aliphatic rings. The summed E-state index contributed by atoms with van der Waals surface area (Å²) >= 11 is 0. The predicted molar refractivity (Wildman–Crippen MR) is 74.3 cm³/mol. The third-order valence-corrected chi connectivity index (χ3v) is 2.57. The van der Waals surface area contributed by atoms with Gasteiger partial charge in [-0.2, -0.15) is 5.10 Å². The van der Waals surface area contributed by atoms with Crippen LogP contribution in [0.2, 0.25) is 0 Å². The average Bonchev–Trinajstić information content (AvgIpc) is 2.41. The van der Waals surface area contributed by atoms with Crippen LogP contribution in [-0.4, -0.2) is 27.7 Å². The first-order valence-electron chi connectivity index (χ1n) is 6.00. The zero-order valence-corrected chi connectivity index (χ0v) is 11.3. The number of ether oxygens (including phenoxy) is 1. The third kappa shape index (κ3) is 3.64. The van der Waals surface area contributed by atoms with Crippen molar-refractivity contribution in [1.82, 2.24) is 15.2 Å². The topological polar surface area (TPSA) is 103 Å². The number of nitrogen functional groups attached to an aromatic ring is 1. The monoisotopic (exact) mass is 273 g/mol. The molecule has 0 saturated heterocycles. The first kappa shape index (κ1) is 13.7. The van der Waals surface area contributed by atoms with Crippen LogP contribution in [-0.2, 0) is 4.79 Å². The Kier molecular flexibility index (Phi) is 4.09. The van der Waals surface area contributed by atoms with E-state index in [1.165, 1.54) is 0 Å². The van der Waals surface area contributed by atoms with Gasteiger partial charge in [0.15, 0.2) is 6.61 Å². The first-order valence-corrected chi connectivity index (χ1v) is 6.00. The Morgan fingerprint density at radius 2 is 2.10 bits per heavy atom. The first-order chi connectivity index (χ1) is 9.54. The van der Waals surface area contributed by atoms with Crippen molar-refractivity contribution in [2.24, 2.45) is 0 Å². The number of nitrogens with one attached hydrogen (secondary N) is 1. The summed E-state index contributed by atoms with van der Waals surface area (Å²) in [4.78, 5) is 15.8. The Morgan fingerprint density at radius 3 is 2.80 bits per heavy atom. The standard InChI is InChI=1S/C13H15N5O2/c1-8-9(2)17-18-13(15-8)16-12(19)7-20-11-5-3-4-10(14)6-11/h3-6H,7,14H2,1-2H3,(H,15,16,18,19). The Labute approximate surface area is 116 Å². The average molecular weight is 273 g/mol. The van der Waals surface area contributed by atoms with Gasteiger partial charge in [-0.3, -0.25) is 10.1 Å². The van der Waals surface area contributed by atoms with Crippen molar-refractivity contribution in [1.29, 1.82) is 0 Å². The molecule has 0 fully saturated rings. The van der Waals surface area contributed by atoms with Crippen LogP contribution in [0, 0.1) is 13.8 Å². The van der Waals surface area contributed by atoms with E-state index in [9.17, 15) is 4.79 Å². The molecule has 0 radical (unpaired) electrons. The van der Waals surface area contributed by atoms with E-state index in [4.69, 9.17) is 10.5 Å². The summed E-state index contributed by atoms with van der Waals surface area (Å²) in [6, 6.07) is 6.85. The number of aryl methyl sites for hydroxylation is 2. The molecule has 1 amide bonds. The van der Waals surface area contributed by atoms with Gasteiger partial charge >= 0.3 is 0 Å². The highest BCUT2D eigenvalue weighted by Gasteiger charge is 2.07. The van der Waals surface area contributed by atoms with E-state index in [2.05, 4.69) is 20.5 Å². The van der Waals surface area contributed by atoms with E-state index in [0.717, 1.165) is 5.69 Å².